The van der Waals surface area contributed by atoms with Crippen molar-refractivity contribution in [3.8, 4) is 0 Å². The third-order valence-electron chi connectivity index (χ3n) is 4.52. The van der Waals surface area contributed by atoms with E-state index in [2.05, 4.69) is 64.2 Å². The summed E-state index contributed by atoms with van der Waals surface area (Å²) < 4.78 is 6.25. The first-order valence-corrected chi connectivity index (χ1v) is 10.1. The van der Waals surface area contributed by atoms with Crippen molar-refractivity contribution >= 4 is 14.4 Å². The Kier molecular flexibility index (Phi) is 4.02. The molecule has 0 spiro atoms. The molecule has 2 rings (SSSR count). The molecule has 1 aliphatic carbocycles. The minimum atomic E-state index is -1.58. The predicted molar refractivity (Wildman–Crippen MR) is 85.9 cm³/mol. The summed E-state index contributed by atoms with van der Waals surface area (Å²) in [7, 11) is -1.58. The second-order valence-corrected chi connectivity index (χ2v) is 11.8. The predicted octanol–water partition coefficient (Wildman–Crippen LogP) is 5.04. The van der Waals surface area contributed by atoms with Crippen LogP contribution in [0.1, 0.15) is 38.3 Å². The monoisotopic (exact) mass is 274 g/mol. The maximum Gasteiger partial charge on any atom is 0.191 e. The molecule has 19 heavy (non-hydrogen) atoms. The lowest BCUT2D eigenvalue weighted by molar-refractivity contribution is 0.291. The van der Waals surface area contributed by atoms with E-state index in [1.807, 2.05) is 0 Å². The highest BCUT2D eigenvalue weighted by Gasteiger charge is 2.36. The number of benzene rings is 1. The van der Waals surface area contributed by atoms with E-state index < -0.39 is 8.32 Å². The van der Waals surface area contributed by atoms with Crippen LogP contribution in [0.5, 0.6) is 0 Å². The summed E-state index contributed by atoms with van der Waals surface area (Å²) in [5.74, 6) is 0. The molecule has 104 valence electrons. The highest BCUT2D eigenvalue weighted by Crippen LogP contribution is 2.37. The number of hydrogen-bond donors (Lipinski definition) is 0. The van der Waals surface area contributed by atoms with Crippen LogP contribution in [-0.4, -0.2) is 14.9 Å². The Morgan fingerprint density at radius 1 is 1.16 bits per heavy atom. The molecule has 0 heterocycles. The van der Waals surface area contributed by atoms with Gasteiger partial charge in [0.15, 0.2) is 8.32 Å². The molecule has 0 amide bonds. The van der Waals surface area contributed by atoms with Crippen LogP contribution in [0, 0.1) is 0 Å². The second kappa shape index (κ2) is 5.26. The van der Waals surface area contributed by atoms with Crippen LogP contribution in [0.4, 0.5) is 0 Å². The highest BCUT2D eigenvalue weighted by molar-refractivity contribution is 6.74. The smallest absolute Gasteiger partial charge is 0.191 e. The largest absolute Gasteiger partial charge is 0.417 e. The van der Waals surface area contributed by atoms with E-state index in [0.717, 1.165) is 19.4 Å². The Morgan fingerprint density at radius 3 is 2.47 bits per heavy atom. The molecular formula is C17H26OSi. The van der Waals surface area contributed by atoms with Gasteiger partial charge in [0, 0.05) is 6.61 Å². The molecule has 0 N–H and O–H groups in total. The fraction of sp³-hybridized carbons (Fsp3) is 0.529. The van der Waals surface area contributed by atoms with Crippen molar-refractivity contribution in [3.63, 3.8) is 0 Å². The zero-order chi connectivity index (χ0) is 14.1. The third kappa shape index (κ3) is 3.37. The highest BCUT2D eigenvalue weighted by atomic mass is 28.4. The van der Waals surface area contributed by atoms with E-state index >= 15 is 0 Å². The molecule has 1 nitrogen and oxygen atoms in total. The van der Waals surface area contributed by atoms with Crippen LogP contribution < -0.4 is 0 Å². The van der Waals surface area contributed by atoms with Gasteiger partial charge in [-0.15, -0.1) is 0 Å². The SMILES string of the molecule is CC(C)(C)[Si](C)(C)OCCC1=Cc2ccccc2C1. The van der Waals surface area contributed by atoms with Gasteiger partial charge in [0.1, 0.15) is 0 Å². The third-order valence-corrected chi connectivity index (χ3v) is 9.06. The fourth-order valence-corrected chi connectivity index (χ4v) is 3.21. The molecule has 0 unspecified atom stereocenters. The molecule has 0 aromatic heterocycles. The molecule has 0 atom stereocenters. The Bertz CT molecular complexity index is 480. The van der Waals surface area contributed by atoms with Gasteiger partial charge in [-0.2, -0.15) is 0 Å². The van der Waals surface area contributed by atoms with E-state index in [-0.39, 0.29) is 0 Å². The molecule has 0 saturated heterocycles. The van der Waals surface area contributed by atoms with Crippen LogP contribution in [0.3, 0.4) is 0 Å². The Balaban J connectivity index is 1.86. The maximum absolute atomic E-state index is 6.25. The number of fused-ring (bicyclic) bond motifs is 1. The van der Waals surface area contributed by atoms with Gasteiger partial charge in [-0.05, 0) is 42.1 Å². The average molecular weight is 274 g/mol. The van der Waals surface area contributed by atoms with E-state index in [9.17, 15) is 0 Å². The van der Waals surface area contributed by atoms with Gasteiger partial charge in [-0.25, -0.2) is 0 Å². The van der Waals surface area contributed by atoms with Crippen molar-refractivity contribution in [1.29, 1.82) is 0 Å². The van der Waals surface area contributed by atoms with Gasteiger partial charge in [-0.1, -0.05) is 56.7 Å². The van der Waals surface area contributed by atoms with Crippen molar-refractivity contribution in [2.24, 2.45) is 0 Å². The van der Waals surface area contributed by atoms with E-state index in [1.165, 1.54) is 16.7 Å². The minimum absolute atomic E-state index is 0.306. The summed E-state index contributed by atoms with van der Waals surface area (Å²) in [5, 5.41) is 0.306. The van der Waals surface area contributed by atoms with Crippen molar-refractivity contribution in [2.45, 2.75) is 51.7 Å². The zero-order valence-corrected chi connectivity index (χ0v) is 13.9. The summed E-state index contributed by atoms with van der Waals surface area (Å²) in [6, 6.07) is 8.68. The standard InChI is InChI=1S/C17H26OSi/c1-17(2,3)19(4,5)18-11-10-14-12-15-8-6-7-9-16(15)13-14/h6-9,12H,10-11,13H2,1-5H3. The van der Waals surface area contributed by atoms with E-state index in [1.54, 1.807) is 0 Å². The summed E-state index contributed by atoms with van der Waals surface area (Å²) in [4.78, 5) is 0. The van der Waals surface area contributed by atoms with Gasteiger partial charge in [-0.3, -0.25) is 0 Å². The van der Waals surface area contributed by atoms with Crippen LogP contribution in [0.15, 0.2) is 29.8 Å². The molecule has 0 bridgehead atoms. The Labute approximate surface area is 118 Å². The van der Waals surface area contributed by atoms with Crippen LogP contribution in [0.2, 0.25) is 18.1 Å². The van der Waals surface area contributed by atoms with Crippen molar-refractivity contribution in [2.75, 3.05) is 6.61 Å². The van der Waals surface area contributed by atoms with Crippen molar-refractivity contribution in [3.05, 3.63) is 41.0 Å². The first-order chi connectivity index (χ1) is 8.79. The summed E-state index contributed by atoms with van der Waals surface area (Å²) in [6.07, 6.45) is 4.52. The maximum atomic E-state index is 6.25. The second-order valence-electron chi connectivity index (χ2n) is 7.04. The van der Waals surface area contributed by atoms with E-state index in [4.69, 9.17) is 4.43 Å². The minimum Gasteiger partial charge on any atom is -0.417 e. The molecular weight excluding hydrogens is 248 g/mol. The molecule has 0 radical (unpaired) electrons. The summed E-state index contributed by atoms with van der Waals surface area (Å²) >= 11 is 0. The first kappa shape index (κ1) is 14.5. The molecule has 1 aromatic rings. The number of rotatable bonds is 4. The zero-order valence-electron chi connectivity index (χ0n) is 12.9. The lowest BCUT2D eigenvalue weighted by Gasteiger charge is -2.36. The Hall–Kier alpha value is -0.863. The lowest BCUT2D eigenvalue weighted by atomic mass is 10.1. The van der Waals surface area contributed by atoms with Crippen LogP contribution in [0.25, 0.3) is 6.08 Å². The summed E-state index contributed by atoms with van der Waals surface area (Å²) in [6.45, 7) is 12.4. The molecule has 1 aromatic carbocycles. The normalized spacial score (nSPS) is 15.3. The first-order valence-electron chi connectivity index (χ1n) is 7.21. The molecule has 1 aliphatic rings. The lowest BCUT2D eigenvalue weighted by Crippen LogP contribution is -2.41. The average Bonchev–Trinajstić information content (AvgIpc) is 2.69. The fourth-order valence-electron chi connectivity index (χ4n) is 2.17. The molecule has 0 saturated carbocycles. The van der Waals surface area contributed by atoms with E-state index in [0.29, 0.717) is 5.04 Å². The van der Waals surface area contributed by atoms with Gasteiger partial charge in [0.2, 0.25) is 0 Å². The van der Waals surface area contributed by atoms with Gasteiger partial charge >= 0.3 is 0 Å². The van der Waals surface area contributed by atoms with Crippen LogP contribution >= 0.6 is 0 Å². The molecule has 0 aliphatic heterocycles. The van der Waals surface area contributed by atoms with Crippen molar-refractivity contribution in [1.82, 2.24) is 0 Å². The van der Waals surface area contributed by atoms with Gasteiger partial charge < -0.3 is 4.43 Å². The van der Waals surface area contributed by atoms with Crippen molar-refractivity contribution < 1.29 is 4.43 Å². The topological polar surface area (TPSA) is 9.23 Å². The number of hydrogen-bond acceptors (Lipinski definition) is 1. The van der Waals surface area contributed by atoms with Gasteiger partial charge in [0.05, 0.1) is 0 Å². The molecule has 2 heteroatoms. The quantitative estimate of drug-likeness (QED) is 0.699. The molecule has 0 fully saturated rings. The Morgan fingerprint density at radius 2 is 1.84 bits per heavy atom. The van der Waals surface area contributed by atoms with Crippen LogP contribution in [-0.2, 0) is 10.8 Å². The van der Waals surface area contributed by atoms with Gasteiger partial charge in [0.25, 0.3) is 0 Å². The summed E-state index contributed by atoms with van der Waals surface area (Å²) in [5.41, 5.74) is 4.37.